The van der Waals surface area contributed by atoms with Gasteiger partial charge in [0, 0.05) is 5.69 Å². The molecule has 0 unspecified atom stereocenters. The Morgan fingerprint density at radius 1 is 1.35 bits per heavy atom. The third-order valence-electron chi connectivity index (χ3n) is 3.32. The van der Waals surface area contributed by atoms with E-state index in [1.807, 2.05) is 0 Å². The Morgan fingerprint density at radius 3 is 2.65 bits per heavy atom. The van der Waals surface area contributed by atoms with Crippen molar-refractivity contribution in [3.8, 4) is 0 Å². The molecule has 0 bridgehead atoms. The van der Waals surface area contributed by atoms with Gasteiger partial charge in [-0.25, -0.2) is 9.59 Å². The van der Waals surface area contributed by atoms with E-state index in [0.29, 0.717) is 18.5 Å². The summed E-state index contributed by atoms with van der Waals surface area (Å²) >= 11 is 0. The predicted molar refractivity (Wildman–Crippen MR) is 83.5 cm³/mol. The molecule has 1 heterocycles. The molecule has 0 saturated heterocycles. The van der Waals surface area contributed by atoms with Gasteiger partial charge in [-0.1, -0.05) is 6.07 Å². The Morgan fingerprint density at radius 2 is 2.04 bits per heavy atom. The summed E-state index contributed by atoms with van der Waals surface area (Å²) in [5.74, 6) is -1.45. The number of rotatable bonds is 2. The number of carboxylic acids is 1. The minimum absolute atomic E-state index is 0.0996. The highest BCUT2D eigenvalue weighted by atomic mass is 16.6. The minimum atomic E-state index is -1.06. The summed E-state index contributed by atoms with van der Waals surface area (Å²) in [6.45, 7) is 5.22. The second kappa shape index (κ2) is 6.28. The first kappa shape index (κ1) is 16.8. The molecule has 0 aliphatic carbocycles. The first-order chi connectivity index (χ1) is 10.7. The topological polar surface area (TPSA) is 105 Å². The van der Waals surface area contributed by atoms with Gasteiger partial charge in [-0.05, 0) is 51.3 Å². The molecule has 7 nitrogen and oxygen atoms in total. The van der Waals surface area contributed by atoms with Crippen LogP contribution in [0.1, 0.15) is 43.1 Å². The number of carbonyl (C=O) groups is 3. The quantitative estimate of drug-likeness (QED) is 0.774. The van der Waals surface area contributed by atoms with Crippen LogP contribution in [0.2, 0.25) is 0 Å². The molecule has 0 fully saturated rings. The SMILES string of the molecule is CC(C)(C)OC(=O)N[C@@H]1CCc2ccc(C(=O)O)cc2NC1=O. The number of amides is 2. The lowest BCUT2D eigenvalue weighted by atomic mass is 10.0. The average molecular weight is 320 g/mol. The average Bonchev–Trinajstić information content (AvgIpc) is 2.55. The zero-order valence-electron chi connectivity index (χ0n) is 13.3. The van der Waals surface area contributed by atoms with Crippen LogP contribution in [0, 0.1) is 0 Å². The molecule has 2 amide bonds. The van der Waals surface area contributed by atoms with Crippen molar-refractivity contribution in [1.29, 1.82) is 0 Å². The van der Waals surface area contributed by atoms with Gasteiger partial charge in [0.05, 0.1) is 5.56 Å². The monoisotopic (exact) mass is 320 g/mol. The number of aryl methyl sites for hydroxylation is 1. The molecular formula is C16H20N2O5. The van der Waals surface area contributed by atoms with Crippen LogP contribution in [0.25, 0.3) is 0 Å². The van der Waals surface area contributed by atoms with Crippen molar-refractivity contribution < 1.29 is 24.2 Å². The van der Waals surface area contributed by atoms with Crippen LogP contribution in [0.4, 0.5) is 10.5 Å². The van der Waals surface area contributed by atoms with E-state index in [1.165, 1.54) is 12.1 Å². The normalized spacial score (nSPS) is 17.5. The zero-order valence-corrected chi connectivity index (χ0v) is 13.3. The maximum absolute atomic E-state index is 12.2. The van der Waals surface area contributed by atoms with Crippen molar-refractivity contribution in [2.75, 3.05) is 5.32 Å². The number of ether oxygens (including phenoxy) is 1. The highest BCUT2D eigenvalue weighted by Crippen LogP contribution is 2.24. The molecule has 1 aliphatic rings. The first-order valence-corrected chi connectivity index (χ1v) is 7.32. The van der Waals surface area contributed by atoms with Crippen molar-refractivity contribution in [3.05, 3.63) is 29.3 Å². The second-order valence-corrected chi connectivity index (χ2v) is 6.40. The van der Waals surface area contributed by atoms with E-state index >= 15 is 0 Å². The number of hydrogen-bond acceptors (Lipinski definition) is 4. The van der Waals surface area contributed by atoms with Crippen LogP contribution in [0.3, 0.4) is 0 Å². The number of hydrogen-bond donors (Lipinski definition) is 3. The van der Waals surface area contributed by atoms with Gasteiger partial charge in [-0.3, -0.25) is 4.79 Å². The van der Waals surface area contributed by atoms with E-state index in [0.717, 1.165) is 5.56 Å². The number of carbonyl (C=O) groups excluding carboxylic acids is 2. The fourth-order valence-corrected chi connectivity index (χ4v) is 2.28. The Bertz CT molecular complexity index is 648. The molecular weight excluding hydrogens is 300 g/mol. The fourth-order valence-electron chi connectivity index (χ4n) is 2.28. The Labute approximate surface area is 134 Å². The second-order valence-electron chi connectivity index (χ2n) is 6.40. The number of nitrogens with one attached hydrogen (secondary N) is 2. The largest absolute Gasteiger partial charge is 0.478 e. The number of alkyl carbamates (subject to hydrolysis) is 1. The van der Waals surface area contributed by atoms with Gasteiger partial charge in [0.2, 0.25) is 5.91 Å². The smallest absolute Gasteiger partial charge is 0.408 e. The molecule has 3 N–H and O–H groups in total. The number of carboxylic acid groups (broad SMARTS) is 1. The molecule has 7 heteroatoms. The molecule has 1 aromatic carbocycles. The molecule has 1 aromatic rings. The van der Waals surface area contributed by atoms with Gasteiger partial charge in [0.15, 0.2) is 0 Å². The molecule has 0 radical (unpaired) electrons. The van der Waals surface area contributed by atoms with E-state index in [4.69, 9.17) is 9.84 Å². The fraction of sp³-hybridized carbons (Fsp3) is 0.438. The Hall–Kier alpha value is -2.57. The summed E-state index contributed by atoms with van der Waals surface area (Å²) in [7, 11) is 0. The Balaban J connectivity index is 2.10. The number of fused-ring (bicyclic) bond motifs is 1. The summed E-state index contributed by atoms with van der Waals surface area (Å²) < 4.78 is 5.15. The molecule has 0 saturated carbocycles. The van der Waals surface area contributed by atoms with E-state index in [9.17, 15) is 14.4 Å². The van der Waals surface area contributed by atoms with Gasteiger partial charge in [0.1, 0.15) is 11.6 Å². The van der Waals surface area contributed by atoms with Crippen molar-refractivity contribution in [1.82, 2.24) is 5.32 Å². The molecule has 0 aromatic heterocycles. The van der Waals surface area contributed by atoms with Crippen molar-refractivity contribution in [2.45, 2.75) is 45.3 Å². The first-order valence-electron chi connectivity index (χ1n) is 7.32. The zero-order chi connectivity index (χ0) is 17.2. The van der Waals surface area contributed by atoms with Crippen molar-refractivity contribution in [2.24, 2.45) is 0 Å². The summed E-state index contributed by atoms with van der Waals surface area (Å²) in [4.78, 5) is 35.1. The summed E-state index contributed by atoms with van der Waals surface area (Å²) in [6, 6.07) is 3.86. The lowest BCUT2D eigenvalue weighted by Crippen LogP contribution is -2.45. The number of anilines is 1. The predicted octanol–water partition coefficient (Wildman–Crippen LogP) is 2.16. The summed E-state index contributed by atoms with van der Waals surface area (Å²) in [5.41, 5.74) is 0.743. The van der Waals surface area contributed by atoms with E-state index < -0.39 is 29.6 Å². The molecule has 124 valence electrons. The van der Waals surface area contributed by atoms with Crippen LogP contribution < -0.4 is 10.6 Å². The van der Waals surface area contributed by atoms with Crippen LogP contribution in [-0.2, 0) is 16.0 Å². The maximum atomic E-state index is 12.2. The van der Waals surface area contributed by atoms with Crippen LogP contribution in [-0.4, -0.2) is 34.7 Å². The molecule has 0 spiro atoms. The third kappa shape index (κ3) is 4.45. The highest BCUT2D eigenvalue weighted by Gasteiger charge is 2.27. The summed E-state index contributed by atoms with van der Waals surface area (Å²) in [6.07, 6.45) is 0.286. The van der Waals surface area contributed by atoms with Gasteiger partial charge >= 0.3 is 12.1 Å². The minimum Gasteiger partial charge on any atom is -0.478 e. The van der Waals surface area contributed by atoms with Gasteiger partial charge < -0.3 is 20.5 Å². The van der Waals surface area contributed by atoms with Gasteiger partial charge in [-0.15, -0.1) is 0 Å². The highest BCUT2D eigenvalue weighted by molar-refractivity contribution is 5.99. The standard InChI is InChI=1S/C16H20N2O5/c1-16(2,3)23-15(22)18-11-7-6-9-4-5-10(14(20)21)8-12(9)17-13(11)19/h4-5,8,11H,6-7H2,1-3H3,(H,17,19)(H,18,22)(H,20,21)/t11-/m1/s1. The molecule has 23 heavy (non-hydrogen) atoms. The lowest BCUT2D eigenvalue weighted by Gasteiger charge is -2.22. The number of aromatic carboxylic acids is 1. The third-order valence-corrected chi connectivity index (χ3v) is 3.32. The van der Waals surface area contributed by atoms with E-state index in [2.05, 4.69) is 10.6 Å². The number of benzene rings is 1. The van der Waals surface area contributed by atoms with E-state index in [1.54, 1.807) is 26.8 Å². The summed E-state index contributed by atoms with van der Waals surface area (Å²) in [5, 5.41) is 14.2. The van der Waals surface area contributed by atoms with Crippen LogP contribution >= 0.6 is 0 Å². The van der Waals surface area contributed by atoms with Crippen LogP contribution in [0.15, 0.2) is 18.2 Å². The van der Waals surface area contributed by atoms with Gasteiger partial charge in [0.25, 0.3) is 0 Å². The Kier molecular flexibility index (Phi) is 4.58. The van der Waals surface area contributed by atoms with Crippen LogP contribution in [0.5, 0.6) is 0 Å². The van der Waals surface area contributed by atoms with Gasteiger partial charge in [-0.2, -0.15) is 0 Å². The lowest BCUT2D eigenvalue weighted by molar-refractivity contribution is -0.118. The molecule has 2 rings (SSSR count). The maximum Gasteiger partial charge on any atom is 0.408 e. The molecule has 1 aliphatic heterocycles. The van der Waals surface area contributed by atoms with Crippen molar-refractivity contribution in [3.63, 3.8) is 0 Å². The van der Waals surface area contributed by atoms with Crippen molar-refractivity contribution >= 4 is 23.7 Å². The molecule has 1 atom stereocenters. The van der Waals surface area contributed by atoms with E-state index in [-0.39, 0.29) is 5.56 Å².